The molecule has 1 N–H and O–H groups in total. The molecule has 2 fully saturated rings. The lowest BCUT2D eigenvalue weighted by atomic mass is 9.92. The number of carbonyl (C=O) groups is 1. The topological polar surface area (TPSA) is 41.6 Å². The molecule has 2 atom stereocenters. The molecule has 0 aromatic heterocycles. The average molecular weight is 268 g/mol. The Morgan fingerprint density at radius 1 is 1.37 bits per heavy atom. The Kier molecular flexibility index (Phi) is 4.39. The molecular formula is C15H28N2O2. The van der Waals surface area contributed by atoms with Gasteiger partial charge in [0, 0.05) is 12.6 Å². The molecule has 0 aromatic carbocycles. The number of nitrogens with zero attached hydrogens (tertiary/aromatic N) is 1. The van der Waals surface area contributed by atoms with Crippen molar-refractivity contribution >= 4 is 6.09 Å². The average Bonchev–Trinajstić information content (AvgIpc) is 3.00. The molecule has 1 aliphatic carbocycles. The number of ether oxygens (including phenoxy) is 1. The predicted octanol–water partition coefficient (Wildman–Crippen LogP) is 2.63. The van der Waals surface area contributed by atoms with E-state index in [0.717, 1.165) is 31.8 Å². The Hall–Kier alpha value is -0.770. The van der Waals surface area contributed by atoms with E-state index in [1.54, 1.807) is 0 Å². The third-order valence-corrected chi connectivity index (χ3v) is 4.09. The van der Waals surface area contributed by atoms with Gasteiger partial charge in [0.15, 0.2) is 0 Å². The molecule has 0 aromatic rings. The summed E-state index contributed by atoms with van der Waals surface area (Å²) in [6.07, 6.45) is 4.76. The maximum atomic E-state index is 12.3. The minimum atomic E-state index is -0.400. The van der Waals surface area contributed by atoms with Gasteiger partial charge in [-0.3, -0.25) is 0 Å². The van der Waals surface area contributed by atoms with Gasteiger partial charge in [-0.1, -0.05) is 0 Å². The van der Waals surface area contributed by atoms with Crippen molar-refractivity contribution in [2.75, 3.05) is 20.1 Å². The van der Waals surface area contributed by atoms with Gasteiger partial charge < -0.3 is 15.0 Å². The van der Waals surface area contributed by atoms with Crippen LogP contribution in [0.3, 0.4) is 0 Å². The molecule has 4 nitrogen and oxygen atoms in total. The lowest BCUT2D eigenvalue weighted by Gasteiger charge is -2.33. The maximum absolute atomic E-state index is 12.3. The van der Waals surface area contributed by atoms with Crippen LogP contribution in [-0.4, -0.2) is 42.8 Å². The summed E-state index contributed by atoms with van der Waals surface area (Å²) in [7, 11) is 2.00. The molecular weight excluding hydrogens is 240 g/mol. The van der Waals surface area contributed by atoms with Crippen LogP contribution in [0.5, 0.6) is 0 Å². The summed E-state index contributed by atoms with van der Waals surface area (Å²) in [6.45, 7) is 7.66. The Morgan fingerprint density at radius 3 is 2.58 bits per heavy atom. The highest BCUT2D eigenvalue weighted by Crippen LogP contribution is 2.42. The lowest BCUT2D eigenvalue weighted by Crippen LogP contribution is -2.45. The largest absolute Gasteiger partial charge is 0.444 e. The maximum Gasteiger partial charge on any atom is 0.410 e. The first-order valence-corrected chi connectivity index (χ1v) is 7.56. The second kappa shape index (κ2) is 5.70. The summed E-state index contributed by atoms with van der Waals surface area (Å²) in [5.41, 5.74) is -0.400. The van der Waals surface area contributed by atoms with E-state index in [0.29, 0.717) is 12.0 Å². The fourth-order valence-corrected chi connectivity index (χ4v) is 3.16. The summed E-state index contributed by atoms with van der Waals surface area (Å²) in [5, 5.41) is 3.29. The van der Waals surface area contributed by atoms with E-state index in [4.69, 9.17) is 4.74 Å². The highest BCUT2D eigenvalue weighted by atomic mass is 16.6. The number of hydrogen-bond donors (Lipinski definition) is 1. The molecule has 0 radical (unpaired) electrons. The summed E-state index contributed by atoms with van der Waals surface area (Å²) >= 11 is 0. The number of amides is 1. The van der Waals surface area contributed by atoms with E-state index in [9.17, 15) is 4.79 Å². The smallest absolute Gasteiger partial charge is 0.410 e. The van der Waals surface area contributed by atoms with Crippen molar-refractivity contribution in [3.05, 3.63) is 0 Å². The molecule has 1 saturated carbocycles. The summed E-state index contributed by atoms with van der Waals surface area (Å²) in [5.74, 6) is 1.40. The Bertz CT molecular complexity index is 321. The number of likely N-dealkylation sites (tertiary alicyclic amines) is 1. The molecule has 4 heteroatoms. The van der Waals surface area contributed by atoms with Crippen molar-refractivity contribution in [1.82, 2.24) is 10.2 Å². The predicted molar refractivity (Wildman–Crippen MR) is 76.1 cm³/mol. The molecule has 1 aliphatic heterocycles. The van der Waals surface area contributed by atoms with Gasteiger partial charge in [-0.15, -0.1) is 0 Å². The molecule has 0 spiro atoms. The van der Waals surface area contributed by atoms with Gasteiger partial charge >= 0.3 is 6.09 Å². The molecule has 1 heterocycles. The summed E-state index contributed by atoms with van der Waals surface area (Å²) < 4.78 is 5.55. The van der Waals surface area contributed by atoms with Gasteiger partial charge in [-0.2, -0.15) is 0 Å². The molecule has 2 rings (SSSR count). The third kappa shape index (κ3) is 3.85. The van der Waals surface area contributed by atoms with Gasteiger partial charge in [-0.25, -0.2) is 4.79 Å². The van der Waals surface area contributed by atoms with E-state index in [1.165, 1.54) is 12.8 Å². The molecule has 0 bridgehead atoms. The van der Waals surface area contributed by atoms with Crippen molar-refractivity contribution in [2.24, 2.45) is 11.8 Å². The van der Waals surface area contributed by atoms with Crippen molar-refractivity contribution in [2.45, 2.75) is 58.1 Å². The van der Waals surface area contributed by atoms with Crippen molar-refractivity contribution in [3.8, 4) is 0 Å². The molecule has 19 heavy (non-hydrogen) atoms. The molecule has 2 aliphatic rings. The first-order chi connectivity index (χ1) is 8.92. The highest BCUT2D eigenvalue weighted by Gasteiger charge is 2.43. The zero-order valence-corrected chi connectivity index (χ0v) is 12.7. The molecule has 2 unspecified atom stereocenters. The summed E-state index contributed by atoms with van der Waals surface area (Å²) in [6, 6.07) is 0.370. The monoisotopic (exact) mass is 268 g/mol. The second-order valence-electron chi connectivity index (χ2n) is 6.94. The number of hydrogen-bond acceptors (Lipinski definition) is 3. The van der Waals surface area contributed by atoms with Gasteiger partial charge in [0.1, 0.15) is 5.60 Å². The number of carbonyl (C=O) groups excluding carboxylic acids is 1. The van der Waals surface area contributed by atoms with Crippen molar-refractivity contribution in [3.63, 3.8) is 0 Å². The van der Waals surface area contributed by atoms with Gasteiger partial charge in [0.2, 0.25) is 0 Å². The minimum absolute atomic E-state index is 0.128. The first kappa shape index (κ1) is 14.6. The molecule has 1 amide bonds. The number of nitrogens with one attached hydrogen (secondary N) is 1. The second-order valence-corrected chi connectivity index (χ2v) is 6.94. The first-order valence-electron chi connectivity index (χ1n) is 7.56. The van der Waals surface area contributed by atoms with E-state index >= 15 is 0 Å². The van der Waals surface area contributed by atoms with Gasteiger partial charge in [0.25, 0.3) is 0 Å². The van der Waals surface area contributed by atoms with Crippen LogP contribution in [0, 0.1) is 11.8 Å². The standard InChI is InChI=1S/C15H28N2O2/c1-15(2,3)19-14(18)17-9-5-6-13(17)12(10-16-4)11-7-8-11/h11-13,16H,5-10H2,1-4H3. The fraction of sp³-hybridized carbons (Fsp3) is 0.933. The minimum Gasteiger partial charge on any atom is -0.444 e. The van der Waals surface area contributed by atoms with E-state index < -0.39 is 5.60 Å². The third-order valence-electron chi connectivity index (χ3n) is 4.09. The molecule has 1 saturated heterocycles. The fourth-order valence-electron chi connectivity index (χ4n) is 3.16. The zero-order valence-electron chi connectivity index (χ0n) is 12.7. The van der Waals surface area contributed by atoms with Crippen LogP contribution in [0.15, 0.2) is 0 Å². The van der Waals surface area contributed by atoms with Gasteiger partial charge in [0.05, 0.1) is 0 Å². The summed E-state index contributed by atoms with van der Waals surface area (Å²) in [4.78, 5) is 14.3. The quantitative estimate of drug-likeness (QED) is 0.852. The zero-order chi connectivity index (χ0) is 14.0. The Balaban J connectivity index is 2.00. The van der Waals surface area contributed by atoms with Crippen LogP contribution in [0.1, 0.15) is 46.5 Å². The Labute approximate surface area is 116 Å². The normalized spacial score (nSPS) is 25.5. The van der Waals surface area contributed by atoms with Crippen LogP contribution in [0.4, 0.5) is 4.79 Å². The van der Waals surface area contributed by atoms with Crippen molar-refractivity contribution < 1.29 is 9.53 Å². The lowest BCUT2D eigenvalue weighted by molar-refractivity contribution is 0.0166. The Morgan fingerprint density at radius 2 is 2.05 bits per heavy atom. The van der Waals surface area contributed by atoms with Crippen molar-refractivity contribution in [1.29, 1.82) is 0 Å². The number of rotatable bonds is 4. The van der Waals surface area contributed by atoms with Gasteiger partial charge in [-0.05, 0) is 71.9 Å². The van der Waals surface area contributed by atoms with Crippen LogP contribution < -0.4 is 5.32 Å². The van der Waals surface area contributed by atoms with E-state index in [2.05, 4.69) is 5.32 Å². The highest BCUT2D eigenvalue weighted by molar-refractivity contribution is 5.69. The van der Waals surface area contributed by atoms with E-state index in [1.807, 2.05) is 32.7 Å². The molecule has 110 valence electrons. The van der Waals surface area contributed by atoms with Crippen LogP contribution >= 0.6 is 0 Å². The van der Waals surface area contributed by atoms with E-state index in [-0.39, 0.29) is 6.09 Å². The van der Waals surface area contributed by atoms with Crippen LogP contribution in [0.2, 0.25) is 0 Å². The SMILES string of the molecule is CNCC(C1CC1)C1CCCN1C(=O)OC(C)(C)C. The van der Waals surface area contributed by atoms with Crippen LogP contribution in [-0.2, 0) is 4.74 Å². The van der Waals surface area contributed by atoms with Crippen LogP contribution in [0.25, 0.3) is 0 Å².